The zero-order valence-electron chi connectivity index (χ0n) is 14.0. The van der Waals surface area contributed by atoms with Crippen molar-refractivity contribution in [1.29, 1.82) is 0 Å². The zero-order valence-corrected chi connectivity index (χ0v) is 15.5. The molecule has 0 saturated carbocycles. The largest absolute Gasteiger partial charge is 0.484 e. The van der Waals surface area contributed by atoms with Gasteiger partial charge in [0.2, 0.25) is 0 Å². The monoisotopic (exact) mass is 389 g/mol. The summed E-state index contributed by atoms with van der Waals surface area (Å²) in [4.78, 5) is 12.2. The standard InChI is InChI=1S/C20H17Cl2NO3/c21-15-5-3-6-16(22)20(15)23-19(24)11-25-12-8-9-18-14(10-12)13-4-1-2-7-17(13)26-18/h3,5-6,8-10H,1-2,4,7,11H2,(H,23,24). The van der Waals surface area contributed by atoms with Crippen LogP contribution in [0, 0.1) is 0 Å². The molecule has 134 valence electrons. The van der Waals surface area contributed by atoms with Gasteiger partial charge in [0.25, 0.3) is 5.91 Å². The smallest absolute Gasteiger partial charge is 0.262 e. The maximum absolute atomic E-state index is 12.2. The van der Waals surface area contributed by atoms with E-state index in [1.807, 2.05) is 18.2 Å². The van der Waals surface area contributed by atoms with Gasteiger partial charge in [0.05, 0.1) is 15.7 Å². The molecule has 1 N–H and O–H groups in total. The Labute approximate surface area is 161 Å². The Balaban J connectivity index is 1.46. The van der Waals surface area contributed by atoms with E-state index < -0.39 is 0 Å². The Bertz CT molecular complexity index is 960. The first kappa shape index (κ1) is 17.3. The number of halogens is 2. The van der Waals surface area contributed by atoms with Gasteiger partial charge in [0, 0.05) is 17.4 Å². The van der Waals surface area contributed by atoms with E-state index in [1.165, 1.54) is 18.4 Å². The highest BCUT2D eigenvalue weighted by Crippen LogP contribution is 2.34. The third kappa shape index (κ3) is 3.39. The fraction of sp³-hybridized carbons (Fsp3) is 0.250. The number of hydrogen-bond donors (Lipinski definition) is 1. The number of benzene rings is 2. The van der Waals surface area contributed by atoms with Gasteiger partial charge >= 0.3 is 0 Å². The number of rotatable bonds is 4. The van der Waals surface area contributed by atoms with Crippen LogP contribution in [0.5, 0.6) is 5.75 Å². The number of furan rings is 1. The molecule has 1 aromatic heterocycles. The van der Waals surface area contributed by atoms with Crippen LogP contribution in [0.15, 0.2) is 40.8 Å². The summed E-state index contributed by atoms with van der Waals surface area (Å²) < 4.78 is 11.6. The molecule has 4 nitrogen and oxygen atoms in total. The third-order valence-electron chi connectivity index (χ3n) is 4.52. The number of anilines is 1. The second-order valence-corrected chi connectivity index (χ2v) is 7.12. The zero-order chi connectivity index (χ0) is 18.1. The quantitative estimate of drug-likeness (QED) is 0.628. The molecule has 1 heterocycles. The van der Waals surface area contributed by atoms with Crippen LogP contribution in [-0.4, -0.2) is 12.5 Å². The first-order valence-corrected chi connectivity index (χ1v) is 9.28. The van der Waals surface area contributed by atoms with Crippen molar-refractivity contribution in [2.75, 3.05) is 11.9 Å². The Hall–Kier alpha value is -2.17. The van der Waals surface area contributed by atoms with Gasteiger partial charge in [-0.25, -0.2) is 0 Å². The molecule has 0 radical (unpaired) electrons. The molecule has 0 fully saturated rings. The van der Waals surface area contributed by atoms with Crippen molar-refractivity contribution in [3.05, 3.63) is 57.8 Å². The number of aryl methyl sites for hydroxylation is 2. The lowest BCUT2D eigenvalue weighted by Gasteiger charge is -2.11. The van der Waals surface area contributed by atoms with Crippen molar-refractivity contribution in [1.82, 2.24) is 0 Å². The molecule has 1 amide bonds. The molecule has 0 aliphatic heterocycles. The van der Waals surface area contributed by atoms with Crippen molar-refractivity contribution in [2.24, 2.45) is 0 Å². The van der Waals surface area contributed by atoms with Crippen LogP contribution in [0.3, 0.4) is 0 Å². The second kappa shape index (κ2) is 7.22. The Morgan fingerprint density at radius 2 is 1.88 bits per heavy atom. The molecule has 2 aromatic carbocycles. The fourth-order valence-electron chi connectivity index (χ4n) is 3.27. The SMILES string of the molecule is O=C(COc1ccc2oc3c(c2c1)CCCC3)Nc1c(Cl)cccc1Cl. The predicted octanol–water partition coefficient (Wildman–Crippen LogP) is 5.64. The number of ether oxygens (including phenoxy) is 1. The molecule has 26 heavy (non-hydrogen) atoms. The van der Waals surface area contributed by atoms with Crippen molar-refractivity contribution < 1.29 is 13.9 Å². The maximum atomic E-state index is 12.2. The number of para-hydroxylation sites is 1. The fourth-order valence-corrected chi connectivity index (χ4v) is 3.77. The van der Waals surface area contributed by atoms with Crippen molar-refractivity contribution >= 4 is 45.8 Å². The molecule has 0 unspecified atom stereocenters. The molecule has 0 bridgehead atoms. The lowest BCUT2D eigenvalue weighted by molar-refractivity contribution is -0.118. The molecule has 6 heteroatoms. The van der Waals surface area contributed by atoms with E-state index in [0.717, 1.165) is 29.6 Å². The normalized spacial score (nSPS) is 13.5. The number of hydrogen-bond acceptors (Lipinski definition) is 3. The molecule has 1 aliphatic carbocycles. The minimum atomic E-state index is -0.325. The summed E-state index contributed by atoms with van der Waals surface area (Å²) in [7, 11) is 0. The van der Waals surface area contributed by atoms with Crippen LogP contribution in [0.1, 0.15) is 24.2 Å². The van der Waals surface area contributed by atoms with E-state index in [-0.39, 0.29) is 12.5 Å². The Morgan fingerprint density at radius 3 is 2.69 bits per heavy atom. The number of carbonyl (C=O) groups is 1. The summed E-state index contributed by atoms with van der Waals surface area (Å²) in [6.45, 7) is -0.132. The Morgan fingerprint density at radius 1 is 1.12 bits per heavy atom. The summed E-state index contributed by atoms with van der Waals surface area (Å²) in [6.07, 6.45) is 4.35. The maximum Gasteiger partial charge on any atom is 0.262 e. The van der Waals surface area contributed by atoms with Gasteiger partial charge in [0.15, 0.2) is 6.61 Å². The van der Waals surface area contributed by atoms with Crippen LogP contribution in [-0.2, 0) is 17.6 Å². The average Bonchev–Trinajstić information content (AvgIpc) is 3.01. The molecular weight excluding hydrogens is 373 g/mol. The summed E-state index contributed by atoms with van der Waals surface area (Å²) in [5.74, 6) is 1.39. The average molecular weight is 390 g/mol. The summed E-state index contributed by atoms with van der Waals surface area (Å²) >= 11 is 12.1. The van der Waals surface area contributed by atoms with Gasteiger partial charge in [-0.15, -0.1) is 0 Å². The van der Waals surface area contributed by atoms with Crippen LogP contribution in [0.25, 0.3) is 11.0 Å². The lowest BCUT2D eigenvalue weighted by atomic mass is 9.96. The van der Waals surface area contributed by atoms with Gasteiger partial charge in [-0.2, -0.15) is 0 Å². The molecule has 0 saturated heterocycles. The van der Waals surface area contributed by atoms with E-state index in [0.29, 0.717) is 21.5 Å². The molecule has 4 rings (SSSR count). The van der Waals surface area contributed by atoms with Crippen molar-refractivity contribution in [2.45, 2.75) is 25.7 Å². The Kier molecular flexibility index (Phi) is 4.79. The van der Waals surface area contributed by atoms with Gasteiger partial charge in [-0.3, -0.25) is 4.79 Å². The lowest BCUT2D eigenvalue weighted by Crippen LogP contribution is -2.20. The summed E-state index contributed by atoms with van der Waals surface area (Å²) in [5.41, 5.74) is 2.53. The highest BCUT2D eigenvalue weighted by atomic mass is 35.5. The predicted molar refractivity (Wildman–Crippen MR) is 103 cm³/mol. The van der Waals surface area contributed by atoms with Crippen molar-refractivity contribution in [3.63, 3.8) is 0 Å². The number of nitrogens with one attached hydrogen (secondary N) is 1. The minimum absolute atomic E-state index is 0.132. The van der Waals surface area contributed by atoms with Crippen LogP contribution in [0.4, 0.5) is 5.69 Å². The molecular formula is C20H17Cl2NO3. The minimum Gasteiger partial charge on any atom is -0.484 e. The van der Waals surface area contributed by atoms with Gasteiger partial charge in [-0.1, -0.05) is 29.3 Å². The van der Waals surface area contributed by atoms with Crippen molar-refractivity contribution in [3.8, 4) is 5.75 Å². The highest BCUT2D eigenvalue weighted by molar-refractivity contribution is 6.39. The number of amides is 1. The van der Waals surface area contributed by atoms with Gasteiger partial charge in [-0.05, 0) is 49.6 Å². The first-order chi connectivity index (χ1) is 12.6. The molecule has 0 spiro atoms. The molecule has 0 atom stereocenters. The van der Waals surface area contributed by atoms with Crippen LogP contribution >= 0.6 is 23.2 Å². The summed E-state index contributed by atoms with van der Waals surface area (Å²) in [5, 5.41) is 4.53. The first-order valence-electron chi connectivity index (χ1n) is 8.53. The number of fused-ring (bicyclic) bond motifs is 3. The topological polar surface area (TPSA) is 51.5 Å². The van der Waals surface area contributed by atoms with Gasteiger partial charge in [0.1, 0.15) is 17.1 Å². The molecule has 3 aromatic rings. The van der Waals surface area contributed by atoms with E-state index in [2.05, 4.69) is 5.32 Å². The second-order valence-electron chi connectivity index (χ2n) is 6.30. The van der Waals surface area contributed by atoms with Gasteiger partial charge < -0.3 is 14.5 Å². The number of carbonyl (C=O) groups excluding carboxylic acids is 1. The van der Waals surface area contributed by atoms with Crippen LogP contribution in [0.2, 0.25) is 10.0 Å². The van der Waals surface area contributed by atoms with E-state index in [4.69, 9.17) is 32.4 Å². The van der Waals surface area contributed by atoms with E-state index >= 15 is 0 Å². The third-order valence-corrected chi connectivity index (χ3v) is 5.15. The molecule has 1 aliphatic rings. The highest BCUT2D eigenvalue weighted by Gasteiger charge is 2.18. The van der Waals surface area contributed by atoms with E-state index in [1.54, 1.807) is 18.2 Å². The summed E-state index contributed by atoms with van der Waals surface area (Å²) in [6, 6.07) is 10.7. The van der Waals surface area contributed by atoms with E-state index in [9.17, 15) is 4.79 Å². The van der Waals surface area contributed by atoms with Crippen LogP contribution < -0.4 is 10.1 Å².